The summed E-state index contributed by atoms with van der Waals surface area (Å²) < 4.78 is 25.1. The summed E-state index contributed by atoms with van der Waals surface area (Å²) in [7, 11) is -4.01. The number of hydrogen-bond donors (Lipinski definition) is 2. The Labute approximate surface area is 171 Å². The summed E-state index contributed by atoms with van der Waals surface area (Å²) >= 11 is 6.00. The maximum atomic E-state index is 12.6. The quantitative estimate of drug-likeness (QED) is 0.551. The molecule has 2 aromatic rings. The number of aryl methyl sites for hydroxylation is 1. The van der Waals surface area contributed by atoms with E-state index in [0.717, 1.165) is 22.3 Å². The van der Waals surface area contributed by atoms with Gasteiger partial charge in [-0.15, -0.1) is 4.83 Å². The van der Waals surface area contributed by atoms with E-state index in [2.05, 4.69) is 4.83 Å². The lowest BCUT2D eigenvalue weighted by atomic mass is 10.1. The lowest BCUT2D eigenvalue weighted by molar-refractivity contribution is -0.123. The summed E-state index contributed by atoms with van der Waals surface area (Å²) in [4.78, 5) is 26.3. The number of aromatic carboxylic acids is 1. The molecule has 2 aromatic carbocycles. The number of rotatable bonds is 5. The molecule has 0 aromatic heterocycles. The van der Waals surface area contributed by atoms with Gasteiger partial charge in [0.15, 0.2) is 4.32 Å². The van der Waals surface area contributed by atoms with Crippen molar-refractivity contribution in [3.05, 3.63) is 70.1 Å². The van der Waals surface area contributed by atoms with Crippen LogP contribution in [0.5, 0.6) is 0 Å². The highest BCUT2D eigenvalue weighted by Crippen LogP contribution is 2.32. The standard InChI is InChI=1S/C18H14N2O5S3/c1-11-6-8-13(9-7-11)28(24,25)19-20-16(21)15(27-18(20)26)10-12-4-2-3-5-14(12)17(22)23/h2-10,19H,1H3,(H,22,23)/b15-10+. The number of amides is 1. The average Bonchev–Trinajstić information content (AvgIpc) is 2.89. The van der Waals surface area contributed by atoms with E-state index in [-0.39, 0.29) is 19.7 Å². The van der Waals surface area contributed by atoms with Crippen LogP contribution in [-0.4, -0.2) is 34.7 Å². The summed E-state index contributed by atoms with van der Waals surface area (Å²) in [6, 6.07) is 12.3. The zero-order chi connectivity index (χ0) is 20.5. The van der Waals surface area contributed by atoms with Crippen LogP contribution >= 0.6 is 24.0 Å². The fourth-order valence-electron chi connectivity index (χ4n) is 2.40. The number of carbonyl (C=O) groups is 2. The number of carboxylic acid groups (broad SMARTS) is 1. The second-order valence-electron chi connectivity index (χ2n) is 5.82. The molecule has 1 amide bonds. The Morgan fingerprint density at radius 3 is 2.46 bits per heavy atom. The monoisotopic (exact) mass is 434 g/mol. The molecule has 2 N–H and O–H groups in total. The minimum atomic E-state index is -4.01. The van der Waals surface area contributed by atoms with Crippen LogP contribution in [0.4, 0.5) is 0 Å². The second kappa shape index (κ2) is 7.84. The van der Waals surface area contributed by atoms with E-state index in [1.54, 1.807) is 30.3 Å². The molecule has 1 aliphatic heterocycles. The van der Waals surface area contributed by atoms with Crippen molar-refractivity contribution in [2.45, 2.75) is 11.8 Å². The maximum absolute atomic E-state index is 12.6. The minimum absolute atomic E-state index is 0.000238. The zero-order valence-electron chi connectivity index (χ0n) is 14.4. The summed E-state index contributed by atoms with van der Waals surface area (Å²) in [5, 5.41) is 10.0. The Morgan fingerprint density at radius 2 is 1.82 bits per heavy atom. The molecule has 1 saturated heterocycles. The third kappa shape index (κ3) is 4.14. The first-order valence-electron chi connectivity index (χ1n) is 7.88. The molecule has 144 valence electrons. The minimum Gasteiger partial charge on any atom is -0.478 e. The van der Waals surface area contributed by atoms with Crippen LogP contribution in [-0.2, 0) is 14.8 Å². The summed E-state index contributed by atoms with van der Waals surface area (Å²) in [6.45, 7) is 1.83. The van der Waals surface area contributed by atoms with E-state index in [4.69, 9.17) is 12.2 Å². The molecule has 0 saturated carbocycles. The molecule has 0 spiro atoms. The normalized spacial score (nSPS) is 16.0. The van der Waals surface area contributed by atoms with E-state index in [1.165, 1.54) is 24.3 Å². The number of thioether (sulfide) groups is 1. The summed E-state index contributed by atoms with van der Waals surface area (Å²) in [6.07, 6.45) is 1.38. The predicted molar refractivity (Wildman–Crippen MR) is 110 cm³/mol. The molecule has 0 atom stereocenters. The Balaban J connectivity index is 1.88. The van der Waals surface area contributed by atoms with Crippen LogP contribution < -0.4 is 4.83 Å². The topological polar surface area (TPSA) is 104 Å². The van der Waals surface area contributed by atoms with Crippen molar-refractivity contribution in [3.8, 4) is 0 Å². The molecule has 3 rings (SSSR count). The predicted octanol–water partition coefficient (Wildman–Crippen LogP) is 2.79. The van der Waals surface area contributed by atoms with Gasteiger partial charge in [0.1, 0.15) is 0 Å². The van der Waals surface area contributed by atoms with Gasteiger partial charge in [-0.3, -0.25) is 4.79 Å². The average molecular weight is 435 g/mol. The van der Waals surface area contributed by atoms with Gasteiger partial charge >= 0.3 is 5.97 Å². The van der Waals surface area contributed by atoms with Gasteiger partial charge in [-0.05, 0) is 36.8 Å². The Morgan fingerprint density at radius 1 is 1.18 bits per heavy atom. The number of benzene rings is 2. The molecule has 28 heavy (non-hydrogen) atoms. The largest absolute Gasteiger partial charge is 0.478 e. The lowest BCUT2D eigenvalue weighted by Gasteiger charge is -2.16. The maximum Gasteiger partial charge on any atom is 0.336 e. The van der Waals surface area contributed by atoms with Crippen molar-refractivity contribution in [1.82, 2.24) is 9.84 Å². The molecule has 1 heterocycles. The van der Waals surface area contributed by atoms with Gasteiger partial charge in [-0.2, -0.15) is 0 Å². The summed E-state index contributed by atoms with van der Waals surface area (Å²) in [5.74, 6) is -1.81. The first-order valence-corrected chi connectivity index (χ1v) is 10.6. The van der Waals surface area contributed by atoms with Crippen molar-refractivity contribution < 1.29 is 23.1 Å². The molecular weight excluding hydrogens is 420 g/mol. The van der Waals surface area contributed by atoms with Gasteiger partial charge in [0.05, 0.1) is 15.4 Å². The number of hydrazine groups is 1. The molecule has 0 bridgehead atoms. The number of hydrogen-bond acceptors (Lipinski definition) is 6. The molecule has 0 aliphatic carbocycles. The number of sulfonamides is 1. The second-order valence-corrected chi connectivity index (χ2v) is 9.15. The van der Waals surface area contributed by atoms with Crippen molar-refractivity contribution in [2.75, 3.05) is 0 Å². The van der Waals surface area contributed by atoms with E-state index in [0.29, 0.717) is 5.56 Å². The number of carboxylic acids is 1. The molecule has 0 unspecified atom stereocenters. The van der Waals surface area contributed by atoms with Crippen LogP contribution in [0.25, 0.3) is 6.08 Å². The molecule has 1 aliphatic rings. The highest BCUT2D eigenvalue weighted by Gasteiger charge is 2.35. The van der Waals surface area contributed by atoms with E-state index >= 15 is 0 Å². The van der Waals surface area contributed by atoms with E-state index in [1.807, 2.05) is 6.92 Å². The number of thiocarbonyl (C=S) groups is 1. The third-order valence-electron chi connectivity index (χ3n) is 3.81. The van der Waals surface area contributed by atoms with Crippen molar-refractivity contribution in [2.24, 2.45) is 0 Å². The van der Waals surface area contributed by atoms with E-state index in [9.17, 15) is 23.1 Å². The van der Waals surface area contributed by atoms with Gasteiger partial charge in [-0.1, -0.05) is 59.9 Å². The highest BCUT2D eigenvalue weighted by atomic mass is 32.2. The van der Waals surface area contributed by atoms with Crippen molar-refractivity contribution >= 4 is 56.3 Å². The SMILES string of the molecule is Cc1ccc(S(=O)(=O)NN2C(=O)/C(=C\c3ccccc3C(=O)O)SC2=S)cc1. The first-order chi connectivity index (χ1) is 13.2. The van der Waals surface area contributed by atoms with Gasteiger partial charge in [-0.25, -0.2) is 18.2 Å². The van der Waals surface area contributed by atoms with Gasteiger partial charge in [0.2, 0.25) is 0 Å². The third-order valence-corrected chi connectivity index (χ3v) is 6.43. The molecule has 7 nitrogen and oxygen atoms in total. The molecule has 1 fully saturated rings. The smallest absolute Gasteiger partial charge is 0.336 e. The fraction of sp³-hybridized carbons (Fsp3) is 0.0556. The first kappa shape index (κ1) is 20.2. The lowest BCUT2D eigenvalue weighted by Crippen LogP contribution is -2.44. The van der Waals surface area contributed by atoms with Crippen molar-refractivity contribution in [3.63, 3.8) is 0 Å². The number of carbonyl (C=O) groups excluding carboxylic acids is 1. The number of nitrogens with zero attached hydrogens (tertiary/aromatic N) is 1. The Hall–Kier alpha value is -2.53. The van der Waals surface area contributed by atoms with Crippen LogP contribution in [0.3, 0.4) is 0 Å². The molecule has 10 heteroatoms. The molecule has 0 radical (unpaired) electrons. The molecular formula is C18H14N2O5S3. The van der Waals surface area contributed by atoms with Gasteiger partial charge in [0.25, 0.3) is 15.9 Å². The van der Waals surface area contributed by atoms with Gasteiger partial charge in [0, 0.05) is 0 Å². The van der Waals surface area contributed by atoms with Crippen molar-refractivity contribution in [1.29, 1.82) is 0 Å². The highest BCUT2D eigenvalue weighted by molar-refractivity contribution is 8.26. The van der Waals surface area contributed by atoms with Crippen LogP contribution in [0.1, 0.15) is 21.5 Å². The van der Waals surface area contributed by atoms with Crippen LogP contribution in [0, 0.1) is 6.92 Å². The van der Waals surface area contributed by atoms with Crippen LogP contribution in [0.2, 0.25) is 0 Å². The van der Waals surface area contributed by atoms with Crippen LogP contribution in [0.15, 0.2) is 58.3 Å². The Kier molecular flexibility index (Phi) is 5.66. The number of nitrogens with one attached hydrogen (secondary N) is 1. The summed E-state index contributed by atoms with van der Waals surface area (Å²) in [5.41, 5.74) is 1.23. The van der Waals surface area contributed by atoms with Gasteiger partial charge < -0.3 is 5.11 Å². The zero-order valence-corrected chi connectivity index (χ0v) is 16.9. The van der Waals surface area contributed by atoms with E-state index < -0.39 is 21.9 Å². The Bertz CT molecular complexity index is 1110. The fourth-order valence-corrected chi connectivity index (χ4v) is 4.70.